The summed E-state index contributed by atoms with van der Waals surface area (Å²) in [5, 5.41) is 0. The summed E-state index contributed by atoms with van der Waals surface area (Å²) in [5.41, 5.74) is 14.8. The molecule has 0 aliphatic carbocycles. The molecule has 0 bridgehead atoms. The molecule has 4 nitrogen and oxygen atoms in total. The van der Waals surface area contributed by atoms with E-state index in [0.29, 0.717) is 6.54 Å². The second-order valence-electron chi connectivity index (χ2n) is 6.63. The molecule has 2 rings (SSSR count). The van der Waals surface area contributed by atoms with Crippen LogP contribution in [0.2, 0.25) is 0 Å². The third-order valence-electron chi connectivity index (χ3n) is 4.44. The van der Waals surface area contributed by atoms with Crippen LogP contribution < -0.4 is 11.5 Å². The van der Waals surface area contributed by atoms with Crippen LogP contribution in [0.25, 0.3) is 6.08 Å². The van der Waals surface area contributed by atoms with Crippen LogP contribution in [-0.4, -0.2) is 24.9 Å². The van der Waals surface area contributed by atoms with E-state index in [9.17, 15) is 0 Å². The van der Waals surface area contributed by atoms with E-state index in [1.807, 2.05) is 58.9 Å². The van der Waals surface area contributed by atoms with Crippen LogP contribution in [0.1, 0.15) is 38.8 Å². The van der Waals surface area contributed by atoms with E-state index in [1.165, 1.54) is 0 Å². The van der Waals surface area contributed by atoms with Crippen molar-refractivity contribution in [3.05, 3.63) is 34.8 Å². The van der Waals surface area contributed by atoms with Crippen LogP contribution in [0.15, 0.2) is 23.7 Å². The zero-order chi connectivity index (χ0) is 15.8. The van der Waals surface area contributed by atoms with Gasteiger partial charge in [-0.2, -0.15) is 0 Å². The lowest BCUT2D eigenvalue weighted by molar-refractivity contribution is 0.00578. The minimum Gasteiger partial charge on any atom is -0.400 e. The van der Waals surface area contributed by atoms with Gasteiger partial charge in [0.2, 0.25) is 0 Å². The molecule has 0 unspecified atom stereocenters. The number of hydrogen-bond donors (Lipinski definition) is 2. The fourth-order valence-electron chi connectivity index (χ4n) is 2.22. The van der Waals surface area contributed by atoms with Crippen LogP contribution in [0.5, 0.6) is 0 Å². The summed E-state index contributed by atoms with van der Waals surface area (Å²) in [4.78, 5) is 0. The minimum atomic E-state index is -0.405. The minimum absolute atomic E-state index is 0.358. The van der Waals surface area contributed by atoms with Gasteiger partial charge in [0, 0.05) is 12.2 Å². The summed E-state index contributed by atoms with van der Waals surface area (Å²) in [6, 6.07) is 5.92. The summed E-state index contributed by atoms with van der Waals surface area (Å²) < 4.78 is 12.1. The average Bonchev–Trinajstić information content (AvgIpc) is 2.59. The first-order valence-electron chi connectivity index (χ1n) is 7.28. The van der Waals surface area contributed by atoms with Gasteiger partial charge in [0.05, 0.1) is 11.2 Å². The van der Waals surface area contributed by atoms with Crippen molar-refractivity contribution in [1.29, 1.82) is 0 Å². The molecule has 4 N–H and O–H groups in total. The Kier molecular flexibility index (Phi) is 4.20. The van der Waals surface area contributed by atoms with Gasteiger partial charge < -0.3 is 20.8 Å². The molecular weight excluding hydrogens is 263 g/mol. The molecule has 1 saturated heterocycles. The Hall–Kier alpha value is -1.30. The van der Waals surface area contributed by atoms with Gasteiger partial charge in [-0.1, -0.05) is 18.2 Å². The van der Waals surface area contributed by atoms with Crippen molar-refractivity contribution < 1.29 is 9.31 Å². The van der Waals surface area contributed by atoms with E-state index in [4.69, 9.17) is 20.8 Å². The maximum atomic E-state index is 6.05. The molecule has 0 saturated carbocycles. The van der Waals surface area contributed by atoms with Crippen molar-refractivity contribution >= 4 is 18.9 Å². The Morgan fingerprint density at radius 3 is 2.24 bits per heavy atom. The lowest BCUT2D eigenvalue weighted by atomic mass is 9.77. The average molecular weight is 288 g/mol. The zero-order valence-corrected chi connectivity index (χ0v) is 13.6. The van der Waals surface area contributed by atoms with Crippen molar-refractivity contribution in [2.24, 2.45) is 5.73 Å². The molecule has 0 radical (unpaired) electrons. The highest BCUT2D eigenvalue weighted by Crippen LogP contribution is 2.38. The van der Waals surface area contributed by atoms with Crippen LogP contribution in [0.3, 0.4) is 0 Å². The summed E-state index contributed by atoms with van der Waals surface area (Å²) in [5.74, 6) is 0. The Balaban J connectivity index is 2.28. The van der Waals surface area contributed by atoms with Crippen molar-refractivity contribution in [1.82, 2.24) is 0 Å². The van der Waals surface area contributed by atoms with Gasteiger partial charge in [-0.25, -0.2) is 0 Å². The Morgan fingerprint density at radius 2 is 1.76 bits per heavy atom. The number of hydrogen-bond acceptors (Lipinski definition) is 4. The summed E-state index contributed by atoms with van der Waals surface area (Å²) in [6.07, 6.45) is 2.02. The summed E-state index contributed by atoms with van der Waals surface area (Å²) in [7, 11) is -0.405. The first kappa shape index (κ1) is 16.1. The van der Waals surface area contributed by atoms with Gasteiger partial charge in [-0.15, -0.1) is 0 Å². The lowest BCUT2D eigenvalue weighted by Gasteiger charge is -2.32. The van der Waals surface area contributed by atoms with Crippen LogP contribution in [-0.2, 0) is 9.31 Å². The van der Waals surface area contributed by atoms with Crippen LogP contribution in [0.4, 0.5) is 5.69 Å². The van der Waals surface area contributed by atoms with Crippen molar-refractivity contribution in [3.63, 3.8) is 0 Å². The van der Waals surface area contributed by atoms with Gasteiger partial charge in [-0.05, 0) is 57.3 Å². The van der Waals surface area contributed by atoms with E-state index in [0.717, 1.165) is 22.3 Å². The Labute approximate surface area is 127 Å². The lowest BCUT2D eigenvalue weighted by Crippen LogP contribution is -2.41. The number of benzene rings is 1. The fraction of sp³-hybridized carbons (Fsp3) is 0.500. The first-order chi connectivity index (χ1) is 9.66. The number of aryl methyl sites for hydroxylation is 1. The monoisotopic (exact) mass is 288 g/mol. The van der Waals surface area contributed by atoms with Gasteiger partial charge in [0.25, 0.3) is 0 Å². The topological polar surface area (TPSA) is 70.5 Å². The van der Waals surface area contributed by atoms with Gasteiger partial charge in [0.15, 0.2) is 0 Å². The third-order valence-corrected chi connectivity index (χ3v) is 4.44. The van der Waals surface area contributed by atoms with E-state index in [2.05, 4.69) is 0 Å². The van der Waals surface area contributed by atoms with Crippen LogP contribution in [0, 0.1) is 6.92 Å². The molecule has 0 amide bonds. The molecule has 0 aromatic heterocycles. The molecule has 1 fully saturated rings. The largest absolute Gasteiger partial charge is 0.491 e. The maximum absolute atomic E-state index is 6.05. The van der Waals surface area contributed by atoms with E-state index < -0.39 is 7.12 Å². The number of anilines is 1. The molecule has 0 atom stereocenters. The fourth-order valence-corrected chi connectivity index (χ4v) is 2.22. The first-order valence-corrected chi connectivity index (χ1v) is 7.28. The smallest absolute Gasteiger partial charge is 0.400 e. The molecule has 21 heavy (non-hydrogen) atoms. The molecular formula is C16H25BN2O2. The number of rotatable bonds is 3. The second kappa shape index (κ2) is 5.48. The van der Waals surface area contributed by atoms with Gasteiger partial charge in [-0.3, -0.25) is 0 Å². The number of nitrogen functional groups attached to an aromatic ring is 1. The summed E-state index contributed by atoms with van der Waals surface area (Å²) >= 11 is 0. The van der Waals surface area contributed by atoms with Gasteiger partial charge in [0.1, 0.15) is 0 Å². The standard InChI is InChI=1S/C16H25BN2O2/c1-11-8-12(6-7-14(11)19)9-13(10-18)17-20-15(2,3)16(4,5)21-17/h6-9H,10,18-19H2,1-5H3. The molecule has 1 aromatic rings. The second-order valence-corrected chi connectivity index (χ2v) is 6.63. The van der Waals surface area contributed by atoms with Gasteiger partial charge >= 0.3 is 7.12 Å². The van der Waals surface area contributed by atoms with E-state index >= 15 is 0 Å². The highest BCUT2D eigenvalue weighted by molar-refractivity contribution is 6.55. The third kappa shape index (κ3) is 3.15. The van der Waals surface area contributed by atoms with E-state index in [1.54, 1.807) is 0 Å². The highest BCUT2D eigenvalue weighted by atomic mass is 16.7. The molecule has 1 aliphatic rings. The zero-order valence-electron chi connectivity index (χ0n) is 13.6. The predicted octanol–water partition coefficient (Wildman–Crippen LogP) is 2.55. The molecule has 1 heterocycles. The van der Waals surface area contributed by atoms with Crippen molar-refractivity contribution in [2.75, 3.05) is 12.3 Å². The summed E-state index contributed by atoms with van der Waals surface area (Å²) in [6.45, 7) is 10.5. The Bertz CT molecular complexity index is 551. The van der Waals surface area contributed by atoms with Crippen molar-refractivity contribution in [2.45, 2.75) is 45.8 Å². The molecule has 1 aliphatic heterocycles. The molecule has 0 spiro atoms. The molecule has 1 aromatic carbocycles. The normalized spacial score (nSPS) is 20.9. The van der Waals surface area contributed by atoms with Crippen LogP contribution >= 0.6 is 0 Å². The Morgan fingerprint density at radius 1 is 1.19 bits per heavy atom. The molecule has 5 heteroatoms. The predicted molar refractivity (Wildman–Crippen MR) is 88.7 cm³/mol. The van der Waals surface area contributed by atoms with E-state index in [-0.39, 0.29) is 11.2 Å². The maximum Gasteiger partial charge on any atom is 0.491 e. The number of nitrogens with two attached hydrogens (primary N) is 2. The quantitative estimate of drug-likeness (QED) is 0.662. The SMILES string of the molecule is Cc1cc(C=C(CN)B2OC(C)(C)C(C)(C)O2)ccc1N. The highest BCUT2D eigenvalue weighted by Gasteiger charge is 2.52. The van der Waals surface area contributed by atoms with Crippen molar-refractivity contribution in [3.8, 4) is 0 Å². The molecule has 114 valence electrons.